The first kappa shape index (κ1) is 41.3. The van der Waals surface area contributed by atoms with E-state index in [-0.39, 0.29) is 0 Å². The molecule has 41 heavy (non-hydrogen) atoms. The summed E-state index contributed by atoms with van der Waals surface area (Å²) in [7, 11) is -14.0. The molecule has 8 N–H and O–H groups in total. The molecule has 248 valence electrons. The number of nitrogens with two attached hydrogens (primary N) is 4. The third-order valence-electron chi connectivity index (χ3n) is 5.87. The van der Waals surface area contributed by atoms with Crippen molar-refractivity contribution in [3.05, 3.63) is 0 Å². The average Bonchev–Trinajstić information content (AvgIpc) is 2.94. The third kappa shape index (κ3) is 15.3. The Morgan fingerprint density at radius 3 is 0.707 bits per heavy atom. The lowest BCUT2D eigenvalue weighted by Crippen LogP contribution is -2.68. The van der Waals surface area contributed by atoms with Gasteiger partial charge in [0.2, 0.25) is 0 Å². The van der Waals surface area contributed by atoms with Crippen LogP contribution < -0.4 is 22.9 Å². The van der Waals surface area contributed by atoms with Gasteiger partial charge in [0, 0.05) is 63.8 Å². The van der Waals surface area contributed by atoms with E-state index in [1.807, 2.05) is 41.5 Å². The van der Waals surface area contributed by atoms with Crippen molar-refractivity contribution in [1.29, 1.82) is 0 Å². The number of hydrogen-bond acceptors (Lipinski definition) is 13. The Bertz CT molecular complexity index is 544. The lowest BCUT2D eigenvalue weighted by atomic mass is 10.5. The minimum Gasteiger partial charge on any atom is -0.374 e. The van der Waals surface area contributed by atoms with E-state index in [1.54, 1.807) is 0 Å². The van der Waals surface area contributed by atoms with Gasteiger partial charge in [-0.05, 0) is 93.4 Å². The molecule has 0 aromatic heterocycles. The Balaban J connectivity index is 7.36. The van der Waals surface area contributed by atoms with Crippen molar-refractivity contribution in [2.75, 3.05) is 65.8 Å². The van der Waals surface area contributed by atoms with Gasteiger partial charge in [-0.2, -0.15) is 0 Å². The van der Waals surface area contributed by atoms with Crippen LogP contribution in [-0.4, -0.2) is 101 Å². The first-order chi connectivity index (χ1) is 19.7. The van der Waals surface area contributed by atoms with Gasteiger partial charge in [0.25, 0.3) is 0 Å². The van der Waals surface area contributed by atoms with Gasteiger partial charge in [0.1, 0.15) is 0 Å². The SMILES string of the molecule is CCO[Si](CCCN)(OCC)O[Si](CCCN)(O[Si](CCCN)(OCC)OCC)O[Si](CCCN)(OCC)OCC. The monoisotopic (exact) mass is 662 g/mol. The Kier molecular flexibility index (Phi) is 23.9. The van der Waals surface area contributed by atoms with Crippen LogP contribution >= 0.6 is 0 Å². The van der Waals surface area contributed by atoms with Crippen molar-refractivity contribution in [1.82, 2.24) is 0 Å². The zero-order valence-electron chi connectivity index (χ0n) is 26.7. The molecule has 0 aliphatic carbocycles. The maximum absolute atomic E-state index is 7.13. The second-order valence-corrected chi connectivity index (χ2v) is 20.9. The molecule has 0 bridgehead atoms. The maximum atomic E-state index is 7.13. The predicted molar refractivity (Wildman–Crippen MR) is 170 cm³/mol. The van der Waals surface area contributed by atoms with E-state index in [0.717, 1.165) is 0 Å². The second-order valence-electron chi connectivity index (χ2n) is 9.21. The van der Waals surface area contributed by atoms with Crippen LogP contribution in [0, 0.1) is 0 Å². The van der Waals surface area contributed by atoms with E-state index in [4.69, 9.17) is 61.8 Å². The van der Waals surface area contributed by atoms with Crippen LogP contribution in [0.25, 0.3) is 0 Å². The van der Waals surface area contributed by atoms with Crippen molar-refractivity contribution < 1.29 is 38.9 Å². The molecule has 0 rings (SSSR count). The summed E-state index contributed by atoms with van der Waals surface area (Å²) in [5.74, 6) is 0. The minimum absolute atomic E-state index is 0.371. The quantitative estimate of drug-likeness (QED) is 0.0822. The molecule has 0 spiro atoms. The summed E-state index contributed by atoms with van der Waals surface area (Å²) in [6, 6.07) is 1.86. The maximum Gasteiger partial charge on any atom is 0.493 e. The van der Waals surface area contributed by atoms with Gasteiger partial charge in [0.05, 0.1) is 0 Å². The van der Waals surface area contributed by atoms with Gasteiger partial charge in [-0.1, -0.05) is 0 Å². The molecule has 0 aliphatic heterocycles. The lowest BCUT2D eigenvalue weighted by molar-refractivity contribution is 0.0333. The topological polar surface area (TPSA) is 187 Å². The third-order valence-corrected chi connectivity index (χ3v) is 21.6. The highest BCUT2D eigenvalue weighted by molar-refractivity contribution is 6.85. The fourth-order valence-electron chi connectivity index (χ4n) is 4.41. The van der Waals surface area contributed by atoms with E-state index < -0.39 is 35.2 Å². The molecule has 0 aliphatic rings. The predicted octanol–water partition coefficient (Wildman–Crippen LogP) is 2.41. The molecule has 0 heterocycles. The summed E-state index contributed by atoms with van der Waals surface area (Å²) >= 11 is 0. The van der Waals surface area contributed by atoms with Gasteiger partial charge in [-0.15, -0.1) is 0 Å². The van der Waals surface area contributed by atoms with Crippen molar-refractivity contribution >= 4 is 35.2 Å². The van der Waals surface area contributed by atoms with E-state index in [1.165, 1.54) is 0 Å². The van der Waals surface area contributed by atoms with Crippen LogP contribution in [0.15, 0.2) is 0 Å². The highest BCUT2D eigenvalue weighted by Crippen LogP contribution is 2.36. The smallest absolute Gasteiger partial charge is 0.374 e. The summed E-state index contributed by atoms with van der Waals surface area (Å²) in [6.45, 7) is 15.6. The fraction of sp³-hybridized carbons (Fsp3) is 1.00. The minimum atomic E-state index is -3.86. The van der Waals surface area contributed by atoms with Crippen molar-refractivity contribution in [3.8, 4) is 0 Å². The average molecular weight is 663 g/mol. The van der Waals surface area contributed by atoms with Gasteiger partial charge in [0.15, 0.2) is 0 Å². The molecule has 0 aromatic carbocycles. The summed E-state index contributed by atoms with van der Waals surface area (Å²) in [5.41, 5.74) is 23.9. The Morgan fingerprint density at radius 1 is 0.341 bits per heavy atom. The normalized spacial score (nSPS) is 13.3. The molecule has 0 fully saturated rings. The van der Waals surface area contributed by atoms with Crippen molar-refractivity contribution in [2.45, 2.75) is 91.4 Å². The van der Waals surface area contributed by atoms with E-state index in [2.05, 4.69) is 0 Å². The van der Waals surface area contributed by atoms with Crippen molar-refractivity contribution in [2.24, 2.45) is 22.9 Å². The molecule has 0 aromatic rings. The zero-order valence-corrected chi connectivity index (χ0v) is 30.7. The fourth-order valence-corrected chi connectivity index (χ4v) is 21.9. The Hall–Kier alpha value is 0.348. The molecule has 17 heteroatoms. The van der Waals surface area contributed by atoms with Crippen LogP contribution in [0.3, 0.4) is 0 Å². The molecular formula is C24H62N4O9Si4. The standard InChI is InChI=1S/C24H62N4O9Si4/c1-7-29-38(30-8-2,21-13-17-25)35-41(24-16-20-28,36-39(31-9-3,32-10-4)22-14-18-26)37-40(33-11-5,34-12-6)23-15-19-27/h7-28H2,1-6H3. The van der Waals surface area contributed by atoms with E-state index in [9.17, 15) is 0 Å². The second kappa shape index (κ2) is 23.7. The molecule has 0 saturated carbocycles. The first-order valence-corrected chi connectivity index (χ1v) is 23.2. The summed E-state index contributed by atoms with van der Waals surface area (Å²) in [4.78, 5) is 0. The van der Waals surface area contributed by atoms with Gasteiger partial charge < -0.3 is 61.8 Å². The first-order valence-electron chi connectivity index (χ1n) is 15.5. The van der Waals surface area contributed by atoms with Crippen LogP contribution in [0.2, 0.25) is 24.2 Å². The molecule has 0 amide bonds. The molecule has 0 unspecified atom stereocenters. The highest BCUT2D eigenvalue weighted by Gasteiger charge is 2.62. The summed E-state index contributed by atoms with van der Waals surface area (Å²) in [5, 5.41) is 0. The van der Waals surface area contributed by atoms with Gasteiger partial charge >= 0.3 is 35.2 Å². The van der Waals surface area contributed by atoms with E-state index in [0.29, 0.717) is 116 Å². The van der Waals surface area contributed by atoms with Crippen LogP contribution in [0.1, 0.15) is 67.2 Å². The number of rotatable bonds is 30. The zero-order chi connectivity index (χ0) is 31.1. The van der Waals surface area contributed by atoms with E-state index >= 15 is 0 Å². The summed E-state index contributed by atoms with van der Waals surface area (Å²) in [6.07, 6.45) is 2.50. The Morgan fingerprint density at radius 2 is 0.537 bits per heavy atom. The van der Waals surface area contributed by atoms with Crippen molar-refractivity contribution in [3.63, 3.8) is 0 Å². The molecule has 0 atom stereocenters. The molecular weight excluding hydrogens is 601 g/mol. The largest absolute Gasteiger partial charge is 0.493 e. The van der Waals surface area contributed by atoms with Crippen LogP contribution in [-0.2, 0) is 38.9 Å². The molecule has 13 nitrogen and oxygen atoms in total. The summed E-state index contributed by atoms with van der Waals surface area (Å²) < 4.78 is 59.5. The molecule has 0 radical (unpaired) electrons. The van der Waals surface area contributed by atoms with Crippen LogP contribution in [0.5, 0.6) is 0 Å². The highest BCUT2D eigenvalue weighted by atomic mass is 28.5. The molecule has 0 saturated heterocycles. The lowest BCUT2D eigenvalue weighted by Gasteiger charge is -2.45. The van der Waals surface area contributed by atoms with Gasteiger partial charge in [-0.25, -0.2) is 0 Å². The number of hydrogen-bond donors (Lipinski definition) is 4. The van der Waals surface area contributed by atoms with Crippen LogP contribution in [0.4, 0.5) is 0 Å². The van der Waals surface area contributed by atoms with Gasteiger partial charge in [-0.3, -0.25) is 0 Å². The Labute approximate surface area is 254 Å².